The second-order valence-electron chi connectivity index (χ2n) is 7.81. The molecule has 0 fully saturated rings. The maximum absolute atomic E-state index is 12.2. The number of carbonyl (C=O) groups is 1. The fourth-order valence-electron chi connectivity index (χ4n) is 3.90. The minimum Gasteiger partial charge on any atom is -0.481 e. The molecule has 3 aromatic rings. The Morgan fingerprint density at radius 3 is 2.41 bits per heavy atom. The topological polar surface area (TPSA) is 88.7 Å². The molecule has 0 radical (unpaired) electrons. The molecule has 1 aromatic heterocycles. The number of hydrogen-bond acceptors (Lipinski definition) is 4. The molecule has 2 unspecified atom stereocenters. The molecule has 1 heterocycles. The number of aryl methyl sites for hydroxylation is 2. The molecule has 7 heteroatoms. The number of aromatic nitrogens is 1. The van der Waals surface area contributed by atoms with E-state index in [1.165, 1.54) is 10.6 Å². The van der Waals surface area contributed by atoms with E-state index in [0.717, 1.165) is 21.2 Å². The molecule has 0 saturated heterocycles. The minimum atomic E-state index is -0.905. The van der Waals surface area contributed by atoms with Crippen molar-refractivity contribution in [2.75, 3.05) is 0 Å². The van der Waals surface area contributed by atoms with E-state index in [9.17, 15) is 14.5 Å². The van der Waals surface area contributed by atoms with Crippen molar-refractivity contribution in [3.8, 4) is 0 Å². The zero-order chi connectivity index (χ0) is 23.1. The number of rotatable bonds is 10. The molecule has 2 atom stereocenters. The van der Waals surface area contributed by atoms with Gasteiger partial charge in [0.05, 0.1) is 0 Å². The molecule has 0 amide bonds. The molecule has 166 valence electrons. The molecule has 32 heavy (non-hydrogen) atoms. The van der Waals surface area contributed by atoms with E-state index < -0.39 is 12.0 Å². The quantitative estimate of drug-likeness (QED) is 0.358. The zero-order valence-corrected chi connectivity index (χ0v) is 19.4. The van der Waals surface area contributed by atoms with Crippen LogP contribution in [0, 0.1) is 11.8 Å². The van der Waals surface area contributed by atoms with Gasteiger partial charge in [-0.3, -0.25) is 9.59 Å². The third-order valence-electron chi connectivity index (χ3n) is 5.60. The van der Waals surface area contributed by atoms with Crippen LogP contribution in [0.5, 0.6) is 0 Å². The molecule has 0 aliphatic rings. The lowest BCUT2D eigenvalue weighted by atomic mass is 9.83. The number of carboxylic acids is 1. The number of aliphatic carboxylic acids is 1. The third-order valence-corrected chi connectivity index (χ3v) is 6.13. The molecule has 6 nitrogen and oxygen atoms in total. The number of halogens is 1. The fourth-order valence-corrected chi connectivity index (χ4v) is 4.17. The summed E-state index contributed by atoms with van der Waals surface area (Å²) in [5, 5.41) is 12.3. The van der Waals surface area contributed by atoms with Gasteiger partial charge in [0.25, 0.3) is 5.56 Å². The van der Waals surface area contributed by atoms with Crippen LogP contribution in [0.15, 0.2) is 81.3 Å². The van der Waals surface area contributed by atoms with E-state index in [-0.39, 0.29) is 24.4 Å². The van der Waals surface area contributed by atoms with Crippen molar-refractivity contribution in [2.24, 2.45) is 5.18 Å². The van der Waals surface area contributed by atoms with Gasteiger partial charge < -0.3 is 9.67 Å². The Labute approximate surface area is 195 Å². The highest BCUT2D eigenvalue weighted by Crippen LogP contribution is 2.37. The lowest BCUT2D eigenvalue weighted by Crippen LogP contribution is -2.20. The van der Waals surface area contributed by atoms with Crippen molar-refractivity contribution in [3.63, 3.8) is 0 Å². The van der Waals surface area contributed by atoms with Crippen LogP contribution in [0.25, 0.3) is 0 Å². The number of carboxylic acid groups (broad SMARTS) is 1. The Morgan fingerprint density at radius 2 is 1.75 bits per heavy atom. The van der Waals surface area contributed by atoms with Gasteiger partial charge in [0.1, 0.15) is 6.04 Å². The van der Waals surface area contributed by atoms with Gasteiger partial charge in [-0.15, -0.1) is 0 Å². The van der Waals surface area contributed by atoms with Gasteiger partial charge >= 0.3 is 5.97 Å². The molecule has 0 spiro atoms. The second kappa shape index (κ2) is 11.0. The molecule has 1 N–H and O–H groups in total. The minimum absolute atomic E-state index is 0.0229. The van der Waals surface area contributed by atoms with Gasteiger partial charge in [-0.05, 0) is 60.2 Å². The fraction of sp³-hybridized carbons (Fsp3) is 0.280. The Morgan fingerprint density at radius 1 is 1.06 bits per heavy atom. The third kappa shape index (κ3) is 6.01. The highest BCUT2D eigenvalue weighted by Gasteiger charge is 2.24. The van der Waals surface area contributed by atoms with Gasteiger partial charge in [-0.1, -0.05) is 57.5 Å². The van der Waals surface area contributed by atoms with E-state index in [1.54, 1.807) is 12.3 Å². The molecule has 0 saturated carbocycles. The first-order valence-corrected chi connectivity index (χ1v) is 11.2. The summed E-state index contributed by atoms with van der Waals surface area (Å²) >= 11 is 3.47. The highest BCUT2D eigenvalue weighted by molar-refractivity contribution is 9.10. The number of hydrogen-bond donors (Lipinski definition) is 1. The van der Waals surface area contributed by atoms with Crippen LogP contribution in [0.2, 0.25) is 0 Å². The lowest BCUT2D eigenvalue weighted by Gasteiger charge is -2.23. The molecule has 3 rings (SSSR count). The lowest BCUT2D eigenvalue weighted by molar-refractivity contribution is -0.137. The van der Waals surface area contributed by atoms with E-state index in [2.05, 4.69) is 27.2 Å². The van der Waals surface area contributed by atoms with Crippen LogP contribution in [-0.4, -0.2) is 15.6 Å². The summed E-state index contributed by atoms with van der Waals surface area (Å²) in [4.78, 5) is 34.9. The van der Waals surface area contributed by atoms with E-state index >= 15 is 0 Å². The van der Waals surface area contributed by atoms with Gasteiger partial charge in [0.15, 0.2) is 0 Å². The Bertz CT molecular complexity index is 1140. The van der Waals surface area contributed by atoms with Gasteiger partial charge in [-0.25, -0.2) is 0 Å². The Balaban J connectivity index is 1.93. The monoisotopic (exact) mass is 496 g/mol. The Kier molecular flexibility index (Phi) is 8.11. The summed E-state index contributed by atoms with van der Waals surface area (Å²) in [7, 11) is 0. The second-order valence-corrected chi connectivity index (χ2v) is 8.72. The average molecular weight is 497 g/mol. The number of nitrogens with zero attached hydrogens (tertiary/aromatic N) is 2. The Hall–Kier alpha value is -3.06. The van der Waals surface area contributed by atoms with Crippen LogP contribution in [0.3, 0.4) is 0 Å². The van der Waals surface area contributed by atoms with E-state index in [0.29, 0.717) is 18.4 Å². The average Bonchev–Trinajstić information content (AvgIpc) is 2.77. The van der Waals surface area contributed by atoms with Crippen molar-refractivity contribution < 1.29 is 9.90 Å². The highest BCUT2D eigenvalue weighted by atomic mass is 79.9. The van der Waals surface area contributed by atoms with Gasteiger partial charge in [0, 0.05) is 35.6 Å². The summed E-state index contributed by atoms with van der Waals surface area (Å²) in [5.41, 5.74) is 3.74. The standard InChI is InChI=1S/C25H25BrN2O4/c1-17-5-2-3-6-21(17)22(18-8-11-20(26)12-9-18)15-23(27-32)19-10-13-24(29)28(16-19)14-4-7-25(30)31/h2-3,5-6,8-13,16,22-23H,4,7,14-15H2,1H3,(H,30,31). The molecular formula is C25H25BrN2O4. The largest absolute Gasteiger partial charge is 0.481 e. The normalized spacial score (nSPS) is 12.8. The summed E-state index contributed by atoms with van der Waals surface area (Å²) in [6.07, 6.45) is 2.39. The van der Waals surface area contributed by atoms with Crippen molar-refractivity contribution in [1.82, 2.24) is 4.57 Å². The molecule has 0 aliphatic heterocycles. The van der Waals surface area contributed by atoms with Crippen molar-refractivity contribution in [3.05, 3.63) is 109 Å². The van der Waals surface area contributed by atoms with Crippen molar-refractivity contribution >= 4 is 21.9 Å². The van der Waals surface area contributed by atoms with Crippen LogP contribution in [-0.2, 0) is 11.3 Å². The van der Waals surface area contributed by atoms with Crippen molar-refractivity contribution in [1.29, 1.82) is 0 Å². The predicted octanol–water partition coefficient (Wildman–Crippen LogP) is 5.81. The summed E-state index contributed by atoms with van der Waals surface area (Å²) in [6.45, 7) is 2.33. The van der Waals surface area contributed by atoms with Gasteiger partial charge in [-0.2, -0.15) is 4.91 Å². The number of nitroso groups, excluding NO2 is 1. The first kappa shape index (κ1) is 23.6. The SMILES string of the molecule is Cc1ccccc1C(CC(N=O)c1ccc(=O)n(CCCC(=O)O)c1)c1ccc(Br)cc1. The maximum Gasteiger partial charge on any atom is 0.303 e. The van der Waals surface area contributed by atoms with Crippen LogP contribution < -0.4 is 5.56 Å². The number of benzene rings is 2. The van der Waals surface area contributed by atoms with E-state index in [1.807, 2.05) is 49.4 Å². The summed E-state index contributed by atoms with van der Waals surface area (Å²) in [6, 6.07) is 18.5. The first-order chi connectivity index (χ1) is 15.4. The first-order valence-electron chi connectivity index (χ1n) is 10.4. The predicted molar refractivity (Wildman–Crippen MR) is 128 cm³/mol. The summed E-state index contributed by atoms with van der Waals surface area (Å²) in [5.74, 6) is -0.961. The molecular weight excluding hydrogens is 472 g/mol. The molecule has 2 aromatic carbocycles. The molecule has 0 bridgehead atoms. The smallest absolute Gasteiger partial charge is 0.303 e. The summed E-state index contributed by atoms with van der Waals surface area (Å²) < 4.78 is 2.43. The van der Waals surface area contributed by atoms with Crippen molar-refractivity contribution in [2.45, 2.75) is 44.7 Å². The molecule has 0 aliphatic carbocycles. The van der Waals surface area contributed by atoms with Crippen LogP contribution in [0.4, 0.5) is 0 Å². The van der Waals surface area contributed by atoms with Crippen LogP contribution >= 0.6 is 15.9 Å². The zero-order valence-electron chi connectivity index (χ0n) is 17.8. The van der Waals surface area contributed by atoms with Crippen LogP contribution in [0.1, 0.15) is 53.5 Å². The maximum atomic E-state index is 12.2. The van der Waals surface area contributed by atoms with E-state index in [4.69, 9.17) is 5.11 Å². The van der Waals surface area contributed by atoms with Gasteiger partial charge in [0.2, 0.25) is 0 Å². The number of pyridine rings is 1.